The van der Waals surface area contributed by atoms with Gasteiger partial charge in [0.25, 0.3) is 0 Å². The maximum absolute atomic E-state index is 12.6. The van der Waals surface area contributed by atoms with Crippen LogP contribution in [-0.2, 0) is 14.3 Å². The largest absolute Gasteiger partial charge is 0.482 e. The third-order valence-electron chi connectivity index (χ3n) is 4.74. The van der Waals surface area contributed by atoms with Crippen LogP contribution in [0.4, 0.5) is 5.69 Å². The predicted octanol–water partition coefficient (Wildman–Crippen LogP) is 3.97. The Morgan fingerprint density at radius 2 is 1.67 bits per heavy atom. The van der Waals surface area contributed by atoms with Crippen LogP contribution in [0.2, 0.25) is 0 Å². The van der Waals surface area contributed by atoms with Crippen molar-refractivity contribution in [1.82, 2.24) is 0 Å². The number of amides is 1. The SMILES string of the molecule is CC(OC(=O)COc1ccc2ccc(=O)oc2c1)C(=O)c1ccc(NC(=O)C(C)(C)C)cc1. The Morgan fingerprint density at radius 1 is 1.00 bits per heavy atom. The summed E-state index contributed by atoms with van der Waals surface area (Å²) in [6, 6.07) is 14.1. The summed E-state index contributed by atoms with van der Waals surface area (Å²) in [5.41, 5.74) is 0.209. The Labute approximate surface area is 190 Å². The fourth-order valence-corrected chi connectivity index (χ4v) is 2.83. The molecule has 1 unspecified atom stereocenters. The van der Waals surface area contributed by atoms with Gasteiger partial charge < -0.3 is 19.2 Å². The van der Waals surface area contributed by atoms with Crippen LogP contribution in [-0.4, -0.2) is 30.4 Å². The van der Waals surface area contributed by atoms with Crippen molar-refractivity contribution in [3.05, 3.63) is 70.6 Å². The average molecular weight is 451 g/mol. The van der Waals surface area contributed by atoms with E-state index >= 15 is 0 Å². The standard InChI is InChI=1S/C25H25NO7/c1-15(23(29)17-5-9-18(10-6-17)26-24(30)25(2,3)4)32-22(28)14-31-19-11-7-16-8-12-21(27)33-20(16)13-19/h5-13,15H,14H2,1-4H3,(H,26,30). The van der Waals surface area contributed by atoms with Crippen molar-refractivity contribution in [2.24, 2.45) is 5.41 Å². The van der Waals surface area contributed by atoms with Crippen molar-refractivity contribution < 1.29 is 28.3 Å². The number of anilines is 1. The zero-order valence-corrected chi connectivity index (χ0v) is 18.8. The number of ketones is 1. The molecule has 0 aliphatic rings. The number of esters is 1. The molecule has 0 radical (unpaired) electrons. The van der Waals surface area contributed by atoms with Gasteiger partial charge in [-0.2, -0.15) is 0 Å². The topological polar surface area (TPSA) is 112 Å². The van der Waals surface area contributed by atoms with E-state index in [0.29, 0.717) is 28.0 Å². The quantitative estimate of drug-likeness (QED) is 0.329. The number of nitrogens with one attached hydrogen (secondary N) is 1. The number of ether oxygens (including phenoxy) is 2. The van der Waals surface area contributed by atoms with E-state index in [2.05, 4.69) is 5.32 Å². The molecule has 0 spiro atoms. The minimum atomic E-state index is -1.02. The summed E-state index contributed by atoms with van der Waals surface area (Å²) >= 11 is 0. The highest BCUT2D eigenvalue weighted by atomic mass is 16.6. The number of carbonyl (C=O) groups is 3. The molecule has 8 heteroatoms. The zero-order chi connectivity index (χ0) is 24.2. The fraction of sp³-hybridized carbons (Fsp3) is 0.280. The molecule has 8 nitrogen and oxygen atoms in total. The highest BCUT2D eigenvalue weighted by Crippen LogP contribution is 2.20. The fourth-order valence-electron chi connectivity index (χ4n) is 2.83. The second kappa shape index (κ2) is 9.68. The van der Waals surface area contributed by atoms with E-state index in [0.717, 1.165) is 0 Å². The number of carbonyl (C=O) groups excluding carboxylic acids is 3. The number of benzene rings is 2. The van der Waals surface area contributed by atoms with E-state index in [9.17, 15) is 19.2 Å². The summed E-state index contributed by atoms with van der Waals surface area (Å²) in [6.45, 7) is 6.46. The van der Waals surface area contributed by atoms with Crippen molar-refractivity contribution in [2.75, 3.05) is 11.9 Å². The smallest absolute Gasteiger partial charge is 0.344 e. The maximum Gasteiger partial charge on any atom is 0.344 e. The molecule has 2 aromatic carbocycles. The molecule has 1 aromatic heterocycles. The van der Waals surface area contributed by atoms with Gasteiger partial charge in [0.15, 0.2) is 12.7 Å². The third-order valence-corrected chi connectivity index (χ3v) is 4.74. The summed E-state index contributed by atoms with van der Waals surface area (Å²) in [4.78, 5) is 48.1. The van der Waals surface area contributed by atoms with Gasteiger partial charge in [-0.1, -0.05) is 20.8 Å². The van der Waals surface area contributed by atoms with Gasteiger partial charge in [0.1, 0.15) is 11.3 Å². The van der Waals surface area contributed by atoms with Crippen LogP contribution >= 0.6 is 0 Å². The first-order chi connectivity index (χ1) is 15.5. The molecule has 3 aromatic rings. The average Bonchev–Trinajstić information content (AvgIpc) is 2.76. The lowest BCUT2D eigenvalue weighted by Crippen LogP contribution is -2.28. The Bertz CT molecular complexity index is 1240. The second-order valence-corrected chi connectivity index (χ2v) is 8.52. The number of rotatable bonds is 7. The summed E-state index contributed by atoms with van der Waals surface area (Å²) in [5.74, 6) is -0.929. The van der Waals surface area contributed by atoms with Crippen LogP contribution in [0.25, 0.3) is 11.0 Å². The number of Topliss-reactive ketones (excluding diaryl/α,β-unsaturated/α-hetero) is 1. The molecular weight excluding hydrogens is 426 g/mol. The van der Waals surface area contributed by atoms with E-state index < -0.39 is 29.7 Å². The molecule has 1 N–H and O–H groups in total. The molecule has 1 amide bonds. The molecule has 0 aliphatic heterocycles. The molecule has 1 heterocycles. The molecule has 3 rings (SSSR count). The second-order valence-electron chi connectivity index (χ2n) is 8.52. The Kier molecular flexibility index (Phi) is 6.96. The summed E-state index contributed by atoms with van der Waals surface area (Å²) < 4.78 is 15.7. The minimum Gasteiger partial charge on any atom is -0.482 e. The van der Waals surface area contributed by atoms with Crippen LogP contribution in [0, 0.1) is 5.41 Å². The van der Waals surface area contributed by atoms with Crippen LogP contribution in [0.3, 0.4) is 0 Å². The van der Waals surface area contributed by atoms with E-state index in [1.807, 2.05) is 0 Å². The Balaban J connectivity index is 1.54. The predicted molar refractivity (Wildman–Crippen MR) is 122 cm³/mol. The summed E-state index contributed by atoms with van der Waals surface area (Å²) in [6.07, 6.45) is -1.02. The van der Waals surface area contributed by atoms with Crippen LogP contribution in [0.1, 0.15) is 38.1 Å². The molecule has 0 saturated carbocycles. The molecule has 33 heavy (non-hydrogen) atoms. The molecule has 0 bridgehead atoms. The van der Waals surface area contributed by atoms with Crippen molar-refractivity contribution >= 4 is 34.3 Å². The van der Waals surface area contributed by atoms with E-state index in [1.165, 1.54) is 19.1 Å². The third kappa shape index (κ3) is 6.29. The number of hydrogen-bond donors (Lipinski definition) is 1. The Hall–Kier alpha value is -3.94. The first kappa shape index (κ1) is 23.7. The van der Waals surface area contributed by atoms with E-state index in [-0.39, 0.29) is 11.7 Å². The molecule has 1 atom stereocenters. The highest BCUT2D eigenvalue weighted by Gasteiger charge is 2.22. The van der Waals surface area contributed by atoms with Gasteiger partial charge in [0, 0.05) is 34.2 Å². The van der Waals surface area contributed by atoms with Gasteiger partial charge in [-0.25, -0.2) is 9.59 Å². The van der Waals surface area contributed by atoms with Gasteiger partial charge in [-0.3, -0.25) is 9.59 Å². The van der Waals surface area contributed by atoms with E-state index in [4.69, 9.17) is 13.9 Å². The molecule has 0 fully saturated rings. The van der Waals surface area contributed by atoms with Crippen molar-refractivity contribution in [2.45, 2.75) is 33.8 Å². The number of fused-ring (bicyclic) bond motifs is 1. The zero-order valence-electron chi connectivity index (χ0n) is 18.8. The minimum absolute atomic E-state index is 0.141. The van der Waals surface area contributed by atoms with Gasteiger partial charge in [-0.05, 0) is 49.4 Å². The lowest BCUT2D eigenvalue weighted by molar-refractivity contribution is -0.148. The maximum atomic E-state index is 12.6. The van der Waals surface area contributed by atoms with Gasteiger partial charge in [-0.15, -0.1) is 0 Å². The lowest BCUT2D eigenvalue weighted by atomic mass is 9.95. The number of hydrogen-bond acceptors (Lipinski definition) is 7. The first-order valence-corrected chi connectivity index (χ1v) is 10.3. The highest BCUT2D eigenvalue weighted by molar-refractivity contribution is 6.01. The van der Waals surface area contributed by atoms with Crippen LogP contribution in [0.15, 0.2) is 63.8 Å². The summed E-state index contributed by atoms with van der Waals surface area (Å²) in [7, 11) is 0. The first-order valence-electron chi connectivity index (χ1n) is 10.3. The van der Waals surface area contributed by atoms with Crippen molar-refractivity contribution in [3.63, 3.8) is 0 Å². The van der Waals surface area contributed by atoms with Gasteiger partial charge in [0.05, 0.1) is 0 Å². The van der Waals surface area contributed by atoms with Crippen molar-refractivity contribution in [1.29, 1.82) is 0 Å². The van der Waals surface area contributed by atoms with E-state index in [1.54, 1.807) is 63.2 Å². The van der Waals surface area contributed by atoms with Crippen molar-refractivity contribution in [3.8, 4) is 5.75 Å². The van der Waals surface area contributed by atoms with Gasteiger partial charge in [0.2, 0.25) is 11.7 Å². The molecule has 0 saturated heterocycles. The van der Waals surface area contributed by atoms with Gasteiger partial charge >= 0.3 is 11.6 Å². The lowest BCUT2D eigenvalue weighted by Gasteiger charge is -2.18. The molecule has 0 aliphatic carbocycles. The van der Waals surface area contributed by atoms with Crippen LogP contribution in [0.5, 0.6) is 5.75 Å². The normalized spacial score (nSPS) is 12.1. The molecular formula is C25H25NO7. The summed E-state index contributed by atoms with van der Waals surface area (Å²) in [5, 5.41) is 3.50. The molecule has 172 valence electrons. The Morgan fingerprint density at radius 3 is 2.33 bits per heavy atom. The monoisotopic (exact) mass is 451 g/mol. The van der Waals surface area contributed by atoms with Crippen LogP contribution < -0.4 is 15.7 Å².